The van der Waals surface area contributed by atoms with Crippen LogP contribution in [0.1, 0.15) is 49.4 Å². The first-order valence-corrected chi connectivity index (χ1v) is 8.39. The average Bonchev–Trinajstić information content (AvgIpc) is 3.10. The second-order valence-corrected chi connectivity index (χ2v) is 7.50. The number of carbonyl (C=O) groups excluding carboxylic acids is 2. The molecule has 2 amide bonds. The normalized spacial score (nSPS) is 26.2. The third-order valence-corrected chi connectivity index (χ3v) is 5.67. The fraction of sp³-hybridized carbons (Fsp3) is 0.706. The maximum absolute atomic E-state index is 12.5. The zero-order valence-electron chi connectivity index (χ0n) is 14.5. The van der Waals surface area contributed by atoms with Gasteiger partial charge < -0.3 is 19.3 Å². The molecule has 0 radical (unpaired) electrons. The lowest BCUT2D eigenvalue weighted by molar-refractivity contribution is -0.134. The van der Waals surface area contributed by atoms with Crippen molar-refractivity contribution in [1.29, 1.82) is 0 Å². The summed E-state index contributed by atoms with van der Waals surface area (Å²) in [5.41, 5.74) is 0.0902. The molecule has 2 aliphatic heterocycles. The minimum Gasteiger partial charge on any atom is -0.438 e. The van der Waals surface area contributed by atoms with Crippen LogP contribution >= 0.6 is 0 Å². The maximum Gasteiger partial charge on any atom is 0.291 e. The molecule has 1 aromatic rings. The van der Waals surface area contributed by atoms with Crippen LogP contribution in [0.4, 0.5) is 0 Å². The van der Waals surface area contributed by atoms with Gasteiger partial charge >= 0.3 is 0 Å². The first-order chi connectivity index (χ1) is 11.3. The molecule has 1 N–H and O–H groups in total. The molecular weight excluding hydrogens is 310 g/mol. The Bertz CT molecular complexity index is 648. The number of aromatic nitrogens is 1. The van der Waals surface area contributed by atoms with Crippen LogP contribution in [0.25, 0.3) is 0 Å². The quantitative estimate of drug-likeness (QED) is 0.878. The highest BCUT2D eigenvalue weighted by Crippen LogP contribution is 2.48. The van der Waals surface area contributed by atoms with Gasteiger partial charge in [-0.05, 0) is 38.5 Å². The number of aryl methyl sites for hydroxylation is 1. The number of hydrogen-bond acceptors (Lipinski definition) is 5. The van der Waals surface area contributed by atoms with E-state index in [0.29, 0.717) is 31.1 Å². The summed E-state index contributed by atoms with van der Waals surface area (Å²) in [5, 5.41) is 9.78. The summed E-state index contributed by atoms with van der Waals surface area (Å²) < 4.78 is 5.21. The van der Waals surface area contributed by atoms with Crippen molar-refractivity contribution in [3.8, 4) is 0 Å². The van der Waals surface area contributed by atoms with E-state index in [4.69, 9.17) is 4.42 Å². The molecule has 0 aromatic carbocycles. The van der Waals surface area contributed by atoms with Crippen molar-refractivity contribution in [3.05, 3.63) is 17.8 Å². The lowest BCUT2D eigenvalue weighted by atomic mass is 9.74. The van der Waals surface area contributed by atoms with Gasteiger partial charge in [-0.1, -0.05) is 0 Å². The van der Waals surface area contributed by atoms with Crippen LogP contribution in [-0.2, 0) is 4.79 Å². The van der Waals surface area contributed by atoms with E-state index in [1.807, 2.05) is 6.92 Å². The van der Waals surface area contributed by atoms with Gasteiger partial charge in [0.15, 0.2) is 6.39 Å². The van der Waals surface area contributed by atoms with Crippen LogP contribution in [0.5, 0.6) is 0 Å². The van der Waals surface area contributed by atoms with Crippen molar-refractivity contribution in [2.75, 3.05) is 26.2 Å². The van der Waals surface area contributed by atoms with Crippen LogP contribution in [0.2, 0.25) is 0 Å². The number of nitrogens with zero attached hydrogens (tertiary/aromatic N) is 3. The molecule has 2 fully saturated rings. The van der Waals surface area contributed by atoms with E-state index < -0.39 is 5.54 Å². The van der Waals surface area contributed by atoms with Gasteiger partial charge in [0.2, 0.25) is 11.7 Å². The highest BCUT2D eigenvalue weighted by Gasteiger charge is 2.52. The molecule has 0 unspecified atom stereocenters. The first kappa shape index (κ1) is 17.0. The van der Waals surface area contributed by atoms with Crippen molar-refractivity contribution in [1.82, 2.24) is 14.8 Å². The zero-order chi connectivity index (χ0) is 17.5. The summed E-state index contributed by atoms with van der Waals surface area (Å²) in [7, 11) is 0. The molecular formula is C17H25N3O4. The lowest BCUT2D eigenvalue weighted by Gasteiger charge is -2.39. The van der Waals surface area contributed by atoms with E-state index in [-0.39, 0.29) is 23.8 Å². The van der Waals surface area contributed by atoms with Gasteiger partial charge in [-0.15, -0.1) is 0 Å². The Morgan fingerprint density at radius 3 is 2.50 bits per heavy atom. The molecule has 7 nitrogen and oxygen atoms in total. The molecule has 2 aliphatic rings. The Morgan fingerprint density at radius 2 is 2.04 bits per heavy atom. The Morgan fingerprint density at radius 1 is 1.38 bits per heavy atom. The van der Waals surface area contributed by atoms with Gasteiger partial charge in [0.1, 0.15) is 0 Å². The standard InChI is InChI=1S/C17H25N3O4/c1-12-14(24-11-18-12)15(23)19-6-4-17(5-7-19)8-16(3,10-21)20(9-17)13(2)22/h11,21H,4-10H2,1-3H3/t16-/m0/s1. The Kier molecular flexibility index (Phi) is 4.15. The highest BCUT2D eigenvalue weighted by atomic mass is 16.3. The molecule has 0 aliphatic carbocycles. The topological polar surface area (TPSA) is 86.9 Å². The number of oxazole rings is 1. The van der Waals surface area contributed by atoms with E-state index in [2.05, 4.69) is 4.98 Å². The summed E-state index contributed by atoms with van der Waals surface area (Å²) in [6.07, 6.45) is 3.72. The Labute approximate surface area is 141 Å². The van der Waals surface area contributed by atoms with Gasteiger partial charge in [-0.25, -0.2) is 4.98 Å². The molecule has 7 heteroatoms. The lowest BCUT2D eigenvalue weighted by Crippen LogP contribution is -2.46. The molecule has 1 spiro atoms. The second kappa shape index (κ2) is 5.88. The van der Waals surface area contributed by atoms with Crippen LogP contribution < -0.4 is 0 Å². The van der Waals surface area contributed by atoms with Crippen LogP contribution in [-0.4, -0.2) is 63.5 Å². The Hall–Kier alpha value is -1.89. The van der Waals surface area contributed by atoms with E-state index in [1.165, 1.54) is 6.39 Å². The van der Waals surface area contributed by atoms with Crippen molar-refractivity contribution in [3.63, 3.8) is 0 Å². The molecule has 3 rings (SSSR count). The number of likely N-dealkylation sites (tertiary alicyclic amines) is 2. The predicted octanol–water partition coefficient (Wildman–Crippen LogP) is 1.21. The molecule has 1 aromatic heterocycles. The smallest absolute Gasteiger partial charge is 0.291 e. The summed E-state index contributed by atoms with van der Waals surface area (Å²) in [6, 6.07) is 0. The van der Waals surface area contributed by atoms with Crippen LogP contribution in [0, 0.1) is 12.3 Å². The number of rotatable bonds is 2. The SMILES string of the molecule is CC(=O)N1CC2(CCN(C(=O)c3ocnc3C)CC2)C[C@@]1(C)CO. The van der Waals surface area contributed by atoms with Crippen LogP contribution in [0.3, 0.4) is 0 Å². The van der Waals surface area contributed by atoms with E-state index in [0.717, 1.165) is 19.3 Å². The summed E-state index contributed by atoms with van der Waals surface area (Å²) in [4.78, 5) is 32.0. The van der Waals surface area contributed by atoms with Gasteiger partial charge in [0.25, 0.3) is 5.91 Å². The minimum absolute atomic E-state index is 0.000726. The molecule has 0 bridgehead atoms. The highest BCUT2D eigenvalue weighted by molar-refractivity contribution is 5.92. The van der Waals surface area contributed by atoms with E-state index in [9.17, 15) is 14.7 Å². The molecule has 24 heavy (non-hydrogen) atoms. The number of aliphatic hydroxyl groups is 1. The average molecular weight is 335 g/mol. The van der Waals surface area contributed by atoms with Gasteiger partial charge in [0.05, 0.1) is 17.8 Å². The van der Waals surface area contributed by atoms with Crippen molar-refractivity contribution in [2.24, 2.45) is 5.41 Å². The summed E-state index contributed by atoms with van der Waals surface area (Å²) in [5.74, 6) is 0.188. The van der Waals surface area contributed by atoms with Crippen LogP contribution in [0.15, 0.2) is 10.8 Å². The molecule has 0 saturated carbocycles. The minimum atomic E-state index is -0.500. The number of carbonyl (C=O) groups is 2. The molecule has 132 valence electrons. The number of piperidine rings is 1. The maximum atomic E-state index is 12.5. The molecule has 1 atom stereocenters. The number of hydrogen-bond donors (Lipinski definition) is 1. The van der Waals surface area contributed by atoms with Gasteiger partial charge in [-0.3, -0.25) is 9.59 Å². The fourth-order valence-electron chi connectivity index (χ4n) is 4.29. The van der Waals surface area contributed by atoms with Crippen molar-refractivity contribution in [2.45, 2.75) is 45.6 Å². The monoisotopic (exact) mass is 335 g/mol. The fourth-order valence-corrected chi connectivity index (χ4v) is 4.29. The summed E-state index contributed by atoms with van der Waals surface area (Å²) in [6.45, 7) is 7.14. The Balaban J connectivity index is 1.70. The molecule has 2 saturated heterocycles. The van der Waals surface area contributed by atoms with Crippen molar-refractivity contribution < 1.29 is 19.1 Å². The largest absolute Gasteiger partial charge is 0.438 e. The third-order valence-electron chi connectivity index (χ3n) is 5.67. The third kappa shape index (κ3) is 2.70. The molecule has 3 heterocycles. The summed E-state index contributed by atoms with van der Waals surface area (Å²) >= 11 is 0. The van der Waals surface area contributed by atoms with E-state index in [1.54, 1.807) is 23.6 Å². The van der Waals surface area contributed by atoms with Gasteiger partial charge in [-0.2, -0.15) is 0 Å². The zero-order valence-corrected chi connectivity index (χ0v) is 14.5. The second-order valence-electron chi connectivity index (χ2n) is 7.50. The van der Waals surface area contributed by atoms with Crippen molar-refractivity contribution >= 4 is 11.8 Å². The number of aliphatic hydroxyl groups excluding tert-OH is 1. The predicted molar refractivity (Wildman–Crippen MR) is 86.3 cm³/mol. The van der Waals surface area contributed by atoms with Gasteiger partial charge in [0, 0.05) is 26.6 Å². The number of amides is 2. The van der Waals surface area contributed by atoms with E-state index >= 15 is 0 Å². The first-order valence-electron chi connectivity index (χ1n) is 8.39.